The van der Waals surface area contributed by atoms with E-state index in [4.69, 9.17) is 4.74 Å². The van der Waals surface area contributed by atoms with Gasteiger partial charge in [0.2, 0.25) is 0 Å². The molecule has 2 aromatic carbocycles. The van der Waals surface area contributed by atoms with Gasteiger partial charge in [0, 0.05) is 20.0 Å². The highest BCUT2D eigenvalue weighted by molar-refractivity contribution is 7.99. The van der Waals surface area contributed by atoms with Gasteiger partial charge in [0.05, 0.1) is 11.3 Å². The molecule has 1 amide bonds. The highest BCUT2D eigenvalue weighted by Gasteiger charge is 2.24. The van der Waals surface area contributed by atoms with Crippen LogP contribution in [0.4, 0.5) is 5.69 Å². The van der Waals surface area contributed by atoms with E-state index >= 15 is 0 Å². The maximum absolute atomic E-state index is 12.5. The van der Waals surface area contributed by atoms with E-state index in [0.717, 1.165) is 34.6 Å². The summed E-state index contributed by atoms with van der Waals surface area (Å²) in [7, 11) is 0. The number of rotatable bonds is 6. The van der Waals surface area contributed by atoms with Gasteiger partial charge >= 0.3 is 5.97 Å². The van der Waals surface area contributed by atoms with Gasteiger partial charge in [-0.3, -0.25) is 4.79 Å². The second-order valence-corrected chi connectivity index (χ2v) is 9.51. The van der Waals surface area contributed by atoms with Crippen LogP contribution in [0.25, 0.3) is 0 Å². The third-order valence-corrected chi connectivity index (χ3v) is 7.22. The molecule has 0 radical (unpaired) electrons. The zero-order valence-electron chi connectivity index (χ0n) is 16.7. The first kappa shape index (κ1) is 20.7. The van der Waals surface area contributed by atoms with E-state index in [0.29, 0.717) is 17.2 Å². The zero-order chi connectivity index (χ0) is 20.9. The number of thiophene rings is 1. The topological polar surface area (TPSA) is 55.4 Å². The molecule has 1 heterocycles. The molecular formula is C24H23NO3S2. The molecule has 3 aromatic rings. The molecule has 1 aliphatic rings. The third-order valence-electron chi connectivity index (χ3n) is 5.09. The van der Waals surface area contributed by atoms with E-state index in [2.05, 4.69) is 12.2 Å². The average molecular weight is 438 g/mol. The molecular weight excluding hydrogens is 414 g/mol. The molecule has 1 aromatic heterocycles. The van der Waals surface area contributed by atoms with Crippen molar-refractivity contribution in [3.8, 4) is 0 Å². The molecule has 1 aliphatic carbocycles. The lowest BCUT2D eigenvalue weighted by atomic mass is 9.88. The first-order valence-electron chi connectivity index (χ1n) is 9.98. The number of fused-ring (bicyclic) bond motifs is 1. The number of carbonyl (C=O) groups excluding carboxylic acids is 2. The lowest BCUT2D eigenvalue weighted by Crippen LogP contribution is -2.22. The number of para-hydroxylation sites is 1. The minimum absolute atomic E-state index is 0.301. The number of esters is 1. The second-order valence-electron chi connectivity index (χ2n) is 7.43. The van der Waals surface area contributed by atoms with Crippen LogP contribution in [0.2, 0.25) is 0 Å². The largest absolute Gasteiger partial charge is 0.452 e. The van der Waals surface area contributed by atoms with Crippen LogP contribution in [-0.2, 0) is 22.4 Å². The lowest BCUT2D eigenvalue weighted by molar-refractivity contribution is -0.119. The fourth-order valence-corrected chi connectivity index (χ4v) is 5.67. The monoisotopic (exact) mass is 437 g/mol. The summed E-state index contributed by atoms with van der Waals surface area (Å²) in [6.45, 7) is 1.93. The Bertz CT molecular complexity index is 1050. The van der Waals surface area contributed by atoms with Crippen LogP contribution in [0.1, 0.15) is 34.1 Å². The third kappa shape index (κ3) is 4.94. The van der Waals surface area contributed by atoms with Gasteiger partial charge in [0.1, 0.15) is 0 Å². The van der Waals surface area contributed by atoms with Crippen molar-refractivity contribution >= 4 is 40.7 Å². The van der Waals surface area contributed by atoms with E-state index in [1.54, 1.807) is 23.1 Å². The maximum Gasteiger partial charge on any atom is 0.339 e. The Morgan fingerprint density at radius 3 is 2.73 bits per heavy atom. The lowest BCUT2D eigenvalue weighted by Gasteiger charge is -2.18. The van der Waals surface area contributed by atoms with Crippen LogP contribution in [0, 0.1) is 5.92 Å². The average Bonchev–Trinajstić information content (AvgIpc) is 3.17. The summed E-state index contributed by atoms with van der Waals surface area (Å²) < 4.78 is 5.32. The van der Waals surface area contributed by atoms with Gasteiger partial charge in [-0.2, -0.15) is 0 Å². The fraction of sp³-hybridized carbons (Fsp3) is 0.250. The van der Waals surface area contributed by atoms with Gasteiger partial charge in [-0.05, 0) is 55.0 Å². The summed E-state index contributed by atoms with van der Waals surface area (Å²) in [5, 5.41) is 4.73. The van der Waals surface area contributed by atoms with Crippen molar-refractivity contribution in [2.75, 3.05) is 11.9 Å². The Morgan fingerprint density at radius 1 is 1.13 bits per heavy atom. The normalized spacial score (nSPS) is 15.3. The number of benzene rings is 2. The first-order valence-corrected chi connectivity index (χ1v) is 11.7. The number of nitrogens with one attached hydrogen (secondary N) is 1. The SMILES string of the molecule is C[C@H]1CCc2c(C(=O)OCC(=O)Nc3ccccc3Sc3ccccc3)csc2C1. The minimum atomic E-state index is -0.413. The Kier molecular flexibility index (Phi) is 6.55. The Hall–Kier alpha value is -2.57. The fourth-order valence-electron chi connectivity index (χ4n) is 3.52. The molecule has 0 unspecified atom stereocenters. The van der Waals surface area contributed by atoms with Gasteiger partial charge in [-0.1, -0.05) is 49.0 Å². The van der Waals surface area contributed by atoms with Crippen LogP contribution >= 0.6 is 23.1 Å². The molecule has 0 bridgehead atoms. The number of hydrogen-bond donors (Lipinski definition) is 1. The highest BCUT2D eigenvalue weighted by atomic mass is 32.2. The van der Waals surface area contributed by atoms with Crippen molar-refractivity contribution in [3.63, 3.8) is 0 Å². The van der Waals surface area contributed by atoms with Gasteiger partial charge < -0.3 is 10.1 Å². The summed E-state index contributed by atoms with van der Waals surface area (Å²) in [5.41, 5.74) is 2.43. The van der Waals surface area contributed by atoms with Gasteiger partial charge in [0.25, 0.3) is 5.91 Å². The maximum atomic E-state index is 12.5. The Balaban J connectivity index is 1.36. The van der Waals surface area contributed by atoms with Crippen molar-refractivity contribution in [2.45, 2.75) is 36.0 Å². The van der Waals surface area contributed by atoms with Crippen molar-refractivity contribution in [2.24, 2.45) is 5.92 Å². The molecule has 154 valence electrons. The smallest absolute Gasteiger partial charge is 0.339 e. The minimum Gasteiger partial charge on any atom is -0.452 e. The molecule has 0 saturated heterocycles. The molecule has 0 saturated carbocycles. The summed E-state index contributed by atoms with van der Waals surface area (Å²) in [4.78, 5) is 28.2. The van der Waals surface area contributed by atoms with Crippen molar-refractivity contribution in [1.82, 2.24) is 0 Å². The van der Waals surface area contributed by atoms with Crippen LogP contribution in [0.15, 0.2) is 69.8 Å². The molecule has 0 fully saturated rings. The van der Waals surface area contributed by atoms with E-state index in [1.807, 2.05) is 60.0 Å². The molecule has 1 atom stereocenters. The molecule has 30 heavy (non-hydrogen) atoms. The zero-order valence-corrected chi connectivity index (χ0v) is 18.4. The Labute approximate surface area is 184 Å². The summed E-state index contributed by atoms with van der Waals surface area (Å²) >= 11 is 3.19. The highest BCUT2D eigenvalue weighted by Crippen LogP contribution is 2.34. The van der Waals surface area contributed by atoms with Crippen LogP contribution in [0.3, 0.4) is 0 Å². The predicted molar refractivity (Wildman–Crippen MR) is 121 cm³/mol. The number of carbonyl (C=O) groups is 2. The number of amides is 1. The van der Waals surface area contributed by atoms with E-state index < -0.39 is 5.97 Å². The van der Waals surface area contributed by atoms with Gasteiger partial charge in [0.15, 0.2) is 6.61 Å². The number of anilines is 1. The van der Waals surface area contributed by atoms with Crippen molar-refractivity contribution in [3.05, 3.63) is 76.0 Å². The molecule has 6 heteroatoms. The van der Waals surface area contributed by atoms with Crippen LogP contribution in [0.5, 0.6) is 0 Å². The number of hydrogen-bond acceptors (Lipinski definition) is 5. The van der Waals surface area contributed by atoms with E-state index in [9.17, 15) is 9.59 Å². The second kappa shape index (κ2) is 9.49. The predicted octanol–water partition coefficient (Wildman–Crippen LogP) is 5.82. The first-order chi connectivity index (χ1) is 14.6. The van der Waals surface area contributed by atoms with Crippen molar-refractivity contribution in [1.29, 1.82) is 0 Å². The van der Waals surface area contributed by atoms with E-state index in [1.165, 1.54) is 4.88 Å². The van der Waals surface area contributed by atoms with Crippen LogP contribution < -0.4 is 5.32 Å². The molecule has 0 spiro atoms. The quantitative estimate of drug-likeness (QED) is 0.494. The summed E-state index contributed by atoms with van der Waals surface area (Å²) in [6.07, 6.45) is 3.00. The summed E-state index contributed by atoms with van der Waals surface area (Å²) in [6, 6.07) is 17.6. The van der Waals surface area contributed by atoms with Gasteiger partial charge in [-0.25, -0.2) is 4.79 Å². The molecule has 0 aliphatic heterocycles. The standard InChI is InChI=1S/C24H23NO3S2/c1-16-11-12-18-19(15-29-22(18)13-16)24(27)28-14-23(26)25-20-9-5-6-10-21(20)30-17-7-3-2-4-8-17/h2-10,15-16H,11-14H2,1H3,(H,25,26)/t16-/m0/s1. The van der Waals surface area contributed by atoms with Gasteiger partial charge in [-0.15, -0.1) is 11.3 Å². The molecule has 1 N–H and O–H groups in total. The Morgan fingerprint density at radius 2 is 1.90 bits per heavy atom. The summed E-state index contributed by atoms with van der Waals surface area (Å²) in [5.74, 6) is -0.106. The van der Waals surface area contributed by atoms with E-state index in [-0.39, 0.29) is 12.5 Å². The van der Waals surface area contributed by atoms with Crippen molar-refractivity contribution < 1.29 is 14.3 Å². The number of ether oxygens (including phenoxy) is 1. The van der Waals surface area contributed by atoms with Crippen LogP contribution in [-0.4, -0.2) is 18.5 Å². The molecule has 4 nitrogen and oxygen atoms in total. The molecule has 4 rings (SSSR count).